The molecule has 2 amide bonds. The molecule has 0 saturated heterocycles. The highest BCUT2D eigenvalue weighted by atomic mass is 35.5. The summed E-state index contributed by atoms with van der Waals surface area (Å²) < 4.78 is 4.62. The van der Waals surface area contributed by atoms with Gasteiger partial charge in [-0.15, -0.1) is 0 Å². The molecule has 0 bridgehead atoms. The molecule has 42 heavy (non-hydrogen) atoms. The van der Waals surface area contributed by atoms with Crippen molar-refractivity contribution >= 4 is 68.5 Å². The van der Waals surface area contributed by atoms with Crippen LogP contribution in [0.2, 0.25) is 10.0 Å². The van der Waals surface area contributed by atoms with Gasteiger partial charge in [-0.05, 0) is 55.8 Å². The molecule has 4 aromatic carbocycles. The molecular formula is C33H34Cl2N2O5. The number of nitrogens with zero attached hydrogens (tertiary/aromatic N) is 1. The lowest BCUT2D eigenvalue weighted by Gasteiger charge is -2.27. The lowest BCUT2D eigenvalue weighted by molar-refractivity contribution is 0.0390. The topological polar surface area (TPSA) is 107 Å². The second-order valence-electron chi connectivity index (χ2n) is 9.58. The Hall–Kier alpha value is -3.78. The Morgan fingerprint density at radius 3 is 1.62 bits per heavy atom. The molecule has 0 fully saturated rings. The molecule has 2 heterocycles. The average Bonchev–Trinajstić information content (AvgIpc) is 2.97. The minimum Gasteiger partial charge on any atom is -0.386 e. The summed E-state index contributed by atoms with van der Waals surface area (Å²) in [4.78, 5) is 49.3. The zero-order chi connectivity index (χ0) is 29.7. The molecule has 2 aliphatic heterocycles. The molecule has 4 aromatic rings. The minimum absolute atomic E-state index is 0. The van der Waals surface area contributed by atoms with Crippen LogP contribution in [0.5, 0.6) is 0 Å². The SMILES string of the molecule is C.CCCCN.CCCCN1C(=O)c2cccc3c(Cl)ccc(c23)C1=O.O=C1OC(=O)c2ccc(Cl)c3cccc1c23. The van der Waals surface area contributed by atoms with Gasteiger partial charge in [0.15, 0.2) is 0 Å². The molecular weight excluding hydrogens is 575 g/mol. The van der Waals surface area contributed by atoms with Crippen LogP contribution in [-0.2, 0) is 4.74 Å². The van der Waals surface area contributed by atoms with E-state index in [1.807, 2.05) is 13.0 Å². The van der Waals surface area contributed by atoms with Crippen LogP contribution in [0, 0.1) is 0 Å². The first kappa shape index (κ1) is 32.7. The number of rotatable bonds is 5. The van der Waals surface area contributed by atoms with E-state index in [2.05, 4.69) is 11.7 Å². The third kappa shape index (κ3) is 6.33. The van der Waals surface area contributed by atoms with Gasteiger partial charge in [0, 0.05) is 49.3 Å². The van der Waals surface area contributed by atoms with E-state index in [-0.39, 0.29) is 19.2 Å². The Morgan fingerprint density at radius 2 is 1.12 bits per heavy atom. The Bertz CT molecular complexity index is 1620. The Kier molecular flexibility index (Phi) is 11.2. The number of amides is 2. The normalized spacial score (nSPS) is 13.1. The molecule has 0 atom stereocenters. The van der Waals surface area contributed by atoms with Crippen molar-refractivity contribution in [1.29, 1.82) is 0 Å². The Morgan fingerprint density at radius 1 is 0.667 bits per heavy atom. The van der Waals surface area contributed by atoms with Gasteiger partial charge < -0.3 is 10.5 Å². The van der Waals surface area contributed by atoms with Crippen molar-refractivity contribution in [2.24, 2.45) is 5.73 Å². The first-order valence-electron chi connectivity index (χ1n) is 13.5. The summed E-state index contributed by atoms with van der Waals surface area (Å²) in [5.41, 5.74) is 7.04. The number of carbonyl (C=O) groups is 4. The second kappa shape index (κ2) is 14.4. The number of cyclic esters (lactones) is 2. The molecule has 220 valence electrons. The second-order valence-corrected chi connectivity index (χ2v) is 10.4. The van der Waals surface area contributed by atoms with Crippen LogP contribution in [0.4, 0.5) is 0 Å². The number of hydrogen-bond acceptors (Lipinski definition) is 6. The van der Waals surface area contributed by atoms with Gasteiger partial charge in [-0.1, -0.05) is 81.6 Å². The van der Waals surface area contributed by atoms with E-state index < -0.39 is 11.9 Å². The molecule has 9 heteroatoms. The zero-order valence-corrected chi connectivity index (χ0v) is 24.3. The fourth-order valence-electron chi connectivity index (χ4n) is 4.74. The highest BCUT2D eigenvalue weighted by Gasteiger charge is 2.32. The fraction of sp³-hybridized carbons (Fsp3) is 0.273. The number of carbonyl (C=O) groups excluding carboxylic acids is 4. The van der Waals surface area contributed by atoms with Crippen LogP contribution in [0.1, 0.15) is 88.4 Å². The lowest BCUT2D eigenvalue weighted by Crippen LogP contribution is -2.40. The Balaban J connectivity index is 0.000000198. The monoisotopic (exact) mass is 608 g/mol. The van der Waals surface area contributed by atoms with E-state index in [0.29, 0.717) is 55.0 Å². The number of benzene rings is 4. The standard InChI is InChI=1S/C16H14ClNO2.C12H5ClO3.C4H11N.CH4/c1-2-3-9-18-15(19)11-6-4-5-10-13(17)8-7-12(14(10)11)16(18)20;13-9-5-4-8-10-6(9)2-1-3-7(10)11(14)16-12(8)15;1-2-3-4-5;/h4-8H,2-3,9H2,1H3;1-5H;2-5H2,1H3;1H4. The smallest absolute Gasteiger partial charge is 0.346 e. The number of imide groups is 1. The molecule has 7 nitrogen and oxygen atoms in total. The molecule has 6 rings (SSSR count). The van der Waals surface area contributed by atoms with E-state index in [1.165, 1.54) is 17.7 Å². The molecule has 0 aromatic heterocycles. The van der Waals surface area contributed by atoms with Crippen LogP contribution < -0.4 is 5.73 Å². The van der Waals surface area contributed by atoms with Gasteiger partial charge in [0.1, 0.15) is 0 Å². The van der Waals surface area contributed by atoms with Crippen LogP contribution in [0.25, 0.3) is 21.5 Å². The van der Waals surface area contributed by atoms with Crippen LogP contribution in [0.3, 0.4) is 0 Å². The number of esters is 2. The van der Waals surface area contributed by atoms with E-state index in [0.717, 1.165) is 24.8 Å². The van der Waals surface area contributed by atoms with Crippen molar-refractivity contribution in [3.8, 4) is 0 Å². The summed E-state index contributed by atoms with van der Waals surface area (Å²) in [5.74, 6) is -1.68. The maximum Gasteiger partial charge on any atom is 0.346 e. The van der Waals surface area contributed by atoms with Gasteiger partial charge >= 0.3 is 11.9 Å². The first-order chi connectivity index (χ1) is 19.7. The van der Waals surface area contributed by atoms with E-state index in [4.69, 9.17) is 28.9 Å². The van der Waals surface area contributed by atoms with Crippen molar-refractivity contribution in [2.75, 3.05) is 13.1 Å². The van der Waals surface area contributed by atoms with Crippen molar-refractivity contribution in [3.63, 3.8) is 0 Å². The minimum atomic E-state index is -0.620. The molecule has 0 radical (unpaired) electrons. The van der Waals surface area contributed by atoms with Crippen molar-refractivity contribution < 1.29 is 23.9 Å². The van der Waals surface area contributed by atoms with Gasteiger partial charge in [-0.25, -0.2) is 9.59 Å². The van der Waals surface area contributed by atoms with E-state index >= 15 is 0 Å². The predicted molar refractivity (Wildman–Crippen MR) is 169 cm³/mol. The lowest BCUT2D eigenvalue weighted by atomic mass is 9.94. The summed E-state index contributed by atoms with van der Waals surface area (Å²) in [6.07, 6.45) is 4.14. The summed E-state index contributed by atoms with van der Waals surface area (Å²) in [6, 6.07) is 17.1. The van der Waals surface area contributed by atoms with Crippen molar-refractivity contribution in [2.45, 2.75) is 47.0 Å². The number of halogens is 2. The zero-order valence-electron chi connectivity index (χ0n) is 22.8. The summed E-state index contributed by atoms with van der Waals surface area (Å²) >= 11 is 12.2. The molecule has 0 saturated carbocycles. The molecule has 2 N–H and O–H groups in total. The fourth-order valence-corrected chi connectivity index (χ4v) is 5.18. The number of nitrogens with two attached hydrogens (primary N) is 1. The molecule has 0 aliphatic carbocycles. The van der Waals surface area contributed by atoms with Gasteiger partial charge in [-0.3, -0.25) is 14.5 Å². The summed E-state index contributed by atoms with van der Waals surface area (Å²) in [5, 5.41) is 3.80. The maximum absolute atomic E-state index is 12.5. The van der Waals surface area contributed by atoms with Gasteiger partial charge in [-0.2, -0.15) is 0 Å². The Labute approximate surface area is 255 Å². The van der Waals surface area contributed by atoms with Crippen molar-refractivity contribution in [1.82, 2.24) is 4.90 Å². The quantitative estimate of drug-likeness (QED) is 0.139. The van der Waals surface area contributed by atoms with E-state index in [1.54, 1.807) is 54.6 Å². The highest BCUT2D eigenvalue weighted by Crippen LogP contribution is 2.35. The van der Waals surface area contributed by atoms with Crippen LogP contribution in [-0.4, -0.2) is 41.7 Å². The molecule has 0 unspecified atom stereocenters. The molecule has 0 spiro atoms. The van der Waals surface area contributed by atoms with Gasteiger partial charge in [0.2, 0.25) is 0 Å². The number of ether oxygens (including phenoxy) is 1. The average molecular weight is 610 g/mol. The van der Waals surface area contributed by atoms with Gasteiger partial charge in [0.05, 0.1) is 11.1 Å². The third-order valence-corrected chi connectivity index (χ3v) is 7.50. The van der Waals surface area contributed by atoms with E-state index in [9.17, 15) is 19.2 Å². The third-order valence-electron chi connectivity index (χ3n) is 6.84. The van der Waals surface area contributed by atoms with Crippen LogP contribution in [0.15, 0.2) is 60.7 Å². The molecule has 2 aliphatic rings. The number of hydrogen-bond donors (Lipinski definition) is 1. The predicted octanol–water partition coefficient (Wildman–Crippen LogP) is 8.07. The largest absolute Gasteiger partial charge is 0.386 e. The maximum atomic E-state index is 12.5. The van der Waals surface area contributed by atoms with Crippen molar-refractivity contribution in [3.05, 3.63) is 93.0 Å². The summed E-state index contributed by atoms with van der Waals surface area (Å²) in [7, 11) is 0. The van der Waals surface area contributed by atoms with Crippen LogP contribution >= 0.6 is 23.2 Å². The highest BCUT2D eigenvalue weighted by molar-refractivity contribution is 6.38. The summed E-state index contributed by atoms with van der Waals surface area (Å²) in [6.45, 7) is 5.48. The first-order valence-corrected chi connectivity index (χ1v) is 14.3. The van der Waals surface area contributed by atoms with Gasteiger partial charge in [0.25, 0.3) is 11.8 Å². The number of unbranched alkanes of at least 4 members (excludes halogenated alkanes) is 2.